The summed E-state index contributed by atoms with van der Waals surface area (Å²) >= 11 is 5.28. The van der Waals surface area contributed by atoms with Crippen LogP contribution in [0.4, 0.5) is 0 Å². The largest absolute Gasteiger partial charge is 0.392 e. The predicted octanol–water partition coefficient (Wildman–Crippen LogP) is 2.50. The molecule has 0 aromatic carbocycles. The van der Waals surface area contributed by atoms with Gasteiger partial charge in [-0.25, -0.2) is 0 Å². The van der Waals surface area contributed by atoms with Gasteiger partial charge in [-0.2, -0.15) is 0 Å². The lowest BCUT2D eigenvalue weighted by atomic mass is 9.76. The Labute approximate surface area is 128 Å². The van der Waals surface area contributed by atoms with Crippen molar-refractivity contribution in [1.29, 1.82) is 0 Å². The third-order valence-electron chi connectivity index (χ3n) is 4.12. The van der Waals surface area contributed by atoms with Crippen molar-refractivity contribution in [3.05, 3.63) is 0 Å². The average Bonchev–Trinajstić information content (AvgIpc) is 2.36. The summed E-state index contributed by atoms with van der Waals surface area (Å²) < 4.78 is 5.50. The van der Waals surface area contributed by atoms with Gasteiger partial charge in [-0.05, 0) is 26.7 Å². The molecule has 0 atom stereocenters. The Morgan fingerprint density at radius 1 is 1.35 bits per heavy atom. The molecule has 1 amide bonds. The Kier molecular flexibility index (Phi) is 5.95. The van der Waals surface area contributed by atoms with E-state index in [-0.39, 0.29) is 11.4 Å². The second kappa shape index (κ2) is 6.85. The first-order valence-corrected chi connectivity index (χ1v) is 7.92. The number of hydrogen-bond donors (Lipinski definition) is 1. The summed E-state index contributed by atoms with van der Waals surface area (Å²) in [4.78, 5) is 15.4. The molecule has 1 fully saturated rings. The third-order valence-corrected chi connectivity index (χ3v) is 4.52. The van der Waals surface area contributed by atoms with Crippen molar-refractivity contribution in [2.45, 2.75) is 58.9 Å². The lowest BCUT2D eigenvalue weighted by Crippen LogP contribution is -2.61. The first-order valence-electron chi connectivity index (χ1n) is 7.51. The molecule has 4 nitrogen and oxygen atoms in total. The third kappa shape index (κ3) is 3.31. The fourth-order valence-corrected chi connectivity index (χ4v) is 3.33. The van der Waals surface area contributed by atoms with Crippen LogP contribution in [0.1, 0.15) is 53.4 Å². The van der Waals surface area contributed by atoms with Gasteiger partial charge in [-0.15, -0.1) is 0 Å². The van der Waals surface area contributed by atoms with Crippen LogP contribution in [0.3, 0.4) is 0 Å². The number of rotatable bonds is 6. The number of thiocarbonyl (C=S) groups is 1. The van der Waals surface area contributed by atoms with Crippen molar-refractivity contribution < 1.29 is 9.53 Å². The Bertz CT molecular complexity index is 363. The second-order valence-corrected chi connectivity index (χ2v) is 6.71. The summed E-state index contributed by atoms with van der Waals surface area (Å²) in [5.74, 6) is 0.0852. The molecule has 0 saturated carbocycles. The summed E-state index contributed by atoms with van der Waals surface area (Å²) in [5, 5.41) is 0. The predicted molar refractivity (Wildman–Crippen MR) is 85.6 cm³/mol. The molecule has 0 bridgehead atoms. The van der Waals surface area contributed by atoms with E-state index in [0.717, 1.165) is 25.7 Å². The standard InChI is InChI=1S/C15H28N2O2S/c1-5-7-15(8-6-2,12(16)20)13(18)17-9-10-19-11-14(17,3)4/h5-11H2,1-4H3,(H2,16,20). The SMILES string of the molecule is CCCC(CCC)(C(=O)N1CCOCC1(C)C)C(N)=S. The van der Waals surface area contributed by atoms with Gasteiger partial charge < -0.3 is 15.4 Å². The highest BCUT2D eigenvalue weighted by molar-refractivity contribution is 7.80. The average molecular weight is 300 g/mol. The van der Waals surface area contributed by atoms with E-state index in [2.05, 4.69) is 13.8 Å². The molecule has 1 aliphatic heterocycles. The van der Waals surface area contributed by atoms with E-state index in [1.54, 1.807) is 0 Å². The molecule has 1 aliphatic rings. The van der Waals surface area contributed by atoms with Crippen LogP contribution in [0.5, 0.6) is 0 Å². The molecular formula is C15H28N2O2S. The lowest BCUT2D eigenvalue weighted by Gasteiger charge is -2.46. The van der Waals surface area contributed by atoms with Crippen molar-refractivity contribution in [3.63, 3.8) is 0 Å². The van der Waals surface area contributed by atoms with E-state index in [1.165, 1.54) is 0 Å². The molecule has 1 saturated heterocycles. The van der Waals surface area contributed by atoms with E-state index in [9.17, 15) is 4.79 Å². The second-order valence-electron chi connectivity index (χ2n) is 6.27. The minimum absolute atomic E-state index is 0.0852. The summed E-state index contributed by atoms with van der Waals surface area (Å²) in [7, 11) is 0. The maximum absolute atomic E-state index is 13.2. The van der Waals surface area contributed by atoms with E-state index >= 15 is 0 Å². The molecular weight excluding hydrogens is 272 g/mol. The molecule has 0 radical (unpaired) electrons. The van der Waals surface area contributed by atoms with Gasteiger partial charge in [-0.3, -0.25) is 4.79 Å². The van der Waals surface area contributed by atoms with Crippen LogP contribution in [-0.2, 0) is 9.53 Å². The molecule has 20 heavy (non-hydrogen) atoms. The fraction of sp³-hybridized carbons (Fsp3) is 0.867. The van der Waals surface area contributed by atoms with Crippen molar-refractivity contribution in [3.8, 4) is 0 Å². The molecule has 1 heterocycles. The zero-order valence-electron chi connectivity index (χ0n) is 13.2. The number of carbonyl (C=O) groups excluding carboxylic acids is 1. The number of nitrogens with zero attached hydrogens (tertiary/aromatic N) is 1. The Balaban J connectivity index is 3.11. The Morgan fingerprint density at radius 3 is 2.30 bits per heavy atom. The summed E-state index contributed by atoms with van der Waals surface area (Å²) in [5.41, 5.74) is 5.01. The highest BCUT2D eigenvalue weighted by Crippen LogP contribution is 2.36. The molecule has 1 rings (SSSR count). The fourth-order valence-electron chi connectivity index (χ4n) is 3.04. The van der Waals surface area contributed by atoms with Crippen LogP contribution in [0, 0.1) is 5.41 Å². The van der Waals surface area contributed by atoms with Crippen LogP contribution >= 0.6 is 12.2 Å². The quantitative estimate of drug-likeness (QED) is 0.766. The van der Waals surface area contributed by atoms with Crippen LogP contribution < -0.4 is 5.73 Å². The van der Waals surface area contributed by atoms with Gasteiger partial charge in [0.15, 0.2) is 0 Å². The lowest BCUT2D eigenvalue weighted by molar-refractivity contribution is -0.154. The molecule has 2 N–H and O–H groups in total. The Morgan fingerprint density at radius 2 is 1.90 bits per heavy atom. The minimum atomic E-state index is -0.687. The van der Waals surface area contributed by atoms with E-state index in [0.29, 0.717) is 24.7 Å². The number of carbonyl (C=O) groups is 1. The molecule has 0 unspecified atom stereocenters. The van der Waals surface area contributed by atoms with Gasteiger partial charge in [0.05, 0.1) is 29.2 Å². The van der Waals surface area contributed by atoms with Gasteiger partial charge in [0.1, 0.15) is 0 Å². The molecule has 116 valence electrons. The normalized spacial score (nSPS) is 18.9. The zero-order valence-corrected chi connectivity index (χ0v) is 14.0. The molecule has 5 heteroatoms. The zero-order chi connectivity index (χ0) is 15.4. The maximum Gasteiger partial charge on any atom is 0.236 e. The first kappa shape index (κ1) is 17.4. The van der Waals surface area contributed by atoms with Gasteiger partial charge in [0, 0.05) is 6.54 Å². The number of ether oxygens (including phenoxy) is 1. The van der Waals surface area contributed by atoms with Crippen LogP contribution in [0.2, 0.25) is 0 Å². The summed E-state index contributed by atoms with van der Waals surface area (Å²) in [6.07, 6.45) is 3.24. The first-order chi connectivity index (χ1) is 9.31. The van der Waals surface area contributed by atoms with Gasteiger partial charge in [0.25, 0.3) is 0 Å². The number of hydrogen-bond acceptors (Lipinski definition) is 3. The van der Waals surface area contributed by atoms with Crippen molar-refractivity contribution in [1.82, 2.24) is 4.90 Å². The van der Waals surface area contributed by atoms with E-state index < -0.39 is 5.41 Å². The monoisotopic (exact) mass is 300 g/mol. The van der Waals surface area contributed by atoms with Crippen LogP contribution in [0.15, 0.2) is 0 Å². The maximum atomic E-state index is 13.2. The van der Waals surface area contributed by atoms with Crippen molar-refractivity contribution in [2.75, 3.05) is 19.8 Å². The number of amides is 1. The molecule has 0 spiro atoms. The summed E-state index contributed by atoms with van der Waals surface area (Å²) in [6.45, 7) is 9.97. The topological polar surface area (TPSA) is 55.6 Å². The summed E-state index contributed by atoms with van der Waals surface area (Å²) in [6, 6.07) is 0. The van der Waals surface area contributed by atoms with Crippen molar-refractivity contribution in [2.24, 2.45) is 11.1 Å². The van der Waals surface area contributed by atoms with Crippen LogP contribution in [0.25, 0.3) is 0 Å². The van der Waals surface area contributed by atoms with E-state index in [4.69, 9.17) is 22.7 Å². The minimum Gasteiger partial charge on any atom is -0.392 e. The molecule has 0 aromatic rings. The number of nitrogens with two attached hydrogens (primary N) is 1. The smallest absolute Gasteiger partial charge is 0.236 e. The van der Waals surface area contributed by atoms with Gasteiger partial charge in [-0.1, -0.05) is 38.9 Å². The van der Waals surface area contributed by atoms with Crippen LogP contribution in [-0.4, -0.2) is 41.1 Å². The van der Waals surface area contributed by atoms with E-state index in [1.807, 2.05) is 18.7 Å². The number of morpholine rings is 1. The highest BCUT2D eigenvalue weighted by Gasteiger charge is 2.46. The van der Waals surface area contributed by atoms with Crippen molar-refractivity contribution >= 4 is 23.1 Å². The Hall–Kier alpha value is -0.680. The van der Waals surface area contributed by atoms with Gasteiger partial charge >= 0.3 is 0 Å². The molecule has 0 aromatic heterocycles. The van der Waals surface area contributed by atoms with Gasteiger partial charge in [0.2, 0.25) is 5.91 Å². The molecule has 0 aliphatic carbocycles. The highest BCUT2D eigenvalue weighted by atomic mass is 32.1.